The third-order valence-corrected chi connectivity index (χ3v) is 4.48. The number of carbonyl (C=O) groups is 2. The molecule has 0 saturated carbocycles. The number of hydrogen-bond donors (Lipinski definition) is 1. The maximum atomic E-state index is 12.4. The minimum Gasteiger partial charge on any atom is -0.456 e. The predicted octanol–water partition coefficient (Wildman–Crippen LogP) is 4.30. The van der Waals surface area contributed by atoms with Crippen molar-refractivity contribution in [3.05, 3.63) is 106 Å². The van der Waals surface area contributed by atoms with Crippen molar-refractivity contribution < 1.29 is 19.2 Å². The summed E-state index contributed by atoms with van der Waals surface area (Å²) in [7, 11) is 0. The van der Waals surface area contributed by atoms with Crippen molar-refractivity contribution in [2.24, 2.45) is 0 Å². The predicted molar refractivity (Wildman–Crippen MR) is 112 cm³/mol. The molecule has 0 heterocycles. The number of nitro groups is 1. The number of hydrogen-bond acceptors (Lipinski definition) is 5. The molecule has 0 unspecified atom stereocenters. The van der Waals surface area contributed by atoms with E-state index in [0.29, 0.717) is 0 Å². The van der Waals surface area contributed by atoms with Crippen molar-refractivity contribution in [2.75, 3.05) is 11.9 Å². The van der Waals surface area contributed by atoms with E-state index in [-0.39, 0.29) is 23.7 Å². The van der Waals surface area contributed by atoms with Crippen LogP contribution in [0.4, 0.5) is 11.4 Å². The molecular weight excluding hydrogens is 384 g/mol. The number of rotatable bonds is 8. The number of esters is 1. The van der Waals surface area contributed by atoms with Crippen LogP contribution in [-0.2, 0) is 14.3 Å². The monoisotopic (exact) mass is 404 g/mol. The molecule has 0 saturated heterocycles. The van der Waals surface area contributed by atoms with Gasteiger partial charge in [0.05, 0.1) is 11.3 Å². The van der Waals surface area contributed by atoms with Crippen molar-refractivity contribution in [3.8, 4) is 0 Å². The van der Waals surface area contributed by atoms with Crippen LogP contribution in [0, 0.1) is 10.1 Å². The van der Waals surface area contributed by atoms with Gasteiger partial charge in [-0.25, -0.2) is 0 Å². The van der Waals surface area contributed by atoms with Crippen LogP contribution in [0.2, 0.25) is 0 Å². The molecule has 0 atom stereocenters. The van der Waals surface area contributed by atoms with E-state index >= 15 is 0 Å². The Kier molecular flexibility index (Phi) is 6.89. The standard InChI is InChI=1S/C23H20N2O5/c26-22(24-19-12-7-13-20(14-19)25(28)29)16-30-23(27)15-21(17-8-3-1-4-9-17)18-10-5-2-6-11-18/h1-14,21H,15-16H2,(H,24,26). The third-order valence-electron chi connectivity index (χ3n) is 4.48. The van der Waals surface area contributed by atoms with E-state index in [0.717, 1.165) is 11.1 Å². The maximum absolute atomic E-state index is 12.4. The van der Waals surface area contributed by atoms with E-state index in [1.54, 1.807) is 0 Å². The molecule has 0 aliphatic rings. The molecule has 0 aliphatic heterocycles. The normalized spacial score (nSPS) is 10.4. The molecule has 0 spiro atoms. The summed E-state index contributed by atoms with van der Waals surface area (Å²) in [5, 5.41) is 13.3. The van der Waals surface area contributed by atoms with Gasteiger partial charge in [0.15, 0.2) is 6.61 Å². The fourth-order valence-corrected chi connectivity index (χ4v) is 3.06. The molecule has 0 fully saturated rings. The number of nitro benzene ring substituents is 1. The highest BCUT2D eigenvalue weighted by molar-refractivity contribution is 5.93. The summed E-state index contributed by atoms with van der Waals surface area (Å²) in [5.41, 5.74) is 2.07. The number of anilines is 1. The van der Waals surface area contributed by atoms with E-state index in [9.17, 15) is 19.7 Å². The Hall–Kier alpha value is -4.00. The topological polar surface area (TPSA) is 98.5 Å². The fourth-order valence-electron chi connectivity index (χ4n) is 3.06. The highest BCUT2D eigenvalue weighted by Crippen LogP contribution is 2.28. The average molecular weight is 404 g/mol. The molecule has 3 aromatic rings. The zero-order chi connectivity index (χ0) is 21.3. The van der Waals surface area contributed by atoms with E-state index in [2.05, 4.69) is 5.32 Å². The second kappa shape index (κ2) is 9.97. The lowest BCUT2D eigenvalue weighted by atomic mass is 9.89. The van der Waals surface area contributed by atoms with Gasteiger partial charge in [-0.1, -0.05) is 66.7 Å². The molecule has 3 aromatic carbocycles. The van der Waals surface area contributed by atoms with Crippen LogP contribution in [0.3, 0.4) is 0 Å². The SMILES string of the molecule is O=C(COC(=O)CC(c1ccccc1)c1ccccc1)Nc1cccc([N+](=O)[O-])c1. The summed E-state index contributed by atoms with van der Waals surface area (Å²) in [6.07, 6.45) is 0.0815. The summed E-state index contributed by atoms with van der Waals surface area (Å²) in [6, 6.07) is 24.8. The van der Waals surface area contributed by atoms with Gasteiger partial charge in [0.1, 0.15) is 0 Å². The highest BCUT2D eigenvalue weighted by Gasteiger charge is 2.20. The first kappa shape index (κ1) is 20.7. The first-order valence-electron chi connectivity index (χ1n) is 9.33. The van der Waals surface area contributed by atoms with Gasteiger partial charge in [-0.15, -0.1) is 0 Å². The van der Waals surface area contributed by atoms with Gasteiger partial charge < -0.3 is 10.1 Å². The first-order chi connectivity index (χ1) is 14.5. The number of nitrogens with zero attached hydrogens (tertiary/aromatic N) is 1. The van der Waals surface area contributed by atoms with E-state index < -0.39 is 23.4 Å². The van der Waals surface area contributed by atoms with Gasteiger partial charge in [-0.05, 0) is 17.2 Å². The quantitative estimate of drug-likeness (QED) is 0.343. The van der Waals surface area contributed by atoms with E-state index in [4.69, 9.17) is 4.74 Å². The number of nitrogens with one attached hydrogen (secondary N) is 1. The summed E-state index contributed by atoms with van der Waals surface area (Å²) < 4.78 is 5.14. The molecule has 0 aliphatic carbocycles. The van der Waals surface area contributed by atoms with Crippen LogP contribution in [0.1, 0.15) is 23.5 Å². The molecule has 30 heavy (non-hydrogen) atoms. The Balaban J connectivity index is 1.60. The number of ether oxygens (including phenoxy) is 1. The molecule has 0 radical (unpaired) electrons. The first-order valence-corrected chi connectivity index (χ1v) is 9.33. The third kappa shape index (κ3) is 5.75. The van der Waals surface area contributed by atoms with Crippen molar-refractivity contribution in [2.45, 2.75) is 12.3 Å². The Bertz CT molecular complexity index is 983. The Morgan fingerprint density at radius 3 is 2.07 bits per heavy atom. The van der Waals surface area contributed by atoms with Gasteiger partial charge in [-0.3, -0.25) is 19.7 Å². The lowest BCUT2D eigenvalue weighted by molar-refractivity contribution is -0.384. The van der Waals surface area contributed by atoms with E-state index in [1.807, 2.05) is 60.7 Å². The maximum Gasteiger partial charge on any atom is 0.307 e. The minimum absolute atomic E-state index is 0.0815. The van der Waals surface area contributed by atoms with Crippen LogP contribution in [0.15, 0.2) is 84.9 Å². The van der Waals surface area contributed by atoms with Crippen LogP contribution < -0.4 is 5.32 Å². The molecule has 0 aromatic heterocycles. The molecule has 7 heteroatoms. The molecule has 1 amide bonds. The van der Waals surface area contributed by atoms with Gasteiger partial charge >= 0.3 is 5.97 Å². The Labute approximate surface area is 173 Å². The van der Waals surface area contributed by atoms with Crippen molar-refractivity contribution in [1.29, 1.82) is 0 Å². The van der Waals surface area contributed by atoms with Gasteiger partial charge in [0.2, 0.25) is 0 Å². The van der Waals surface area contributed by atoms with Crippen molar-refractivity contribution in [3.63, 3.8) is 0 Å². The van der Waals surface area contributed by atoms with Crippen LogP contribution in [-0.4, -0.2) is 23.4 Å². The van der Waals surface area contributed by atoms with Gasteiger partial charge in [-0.2, -0.15) is 0 Å². The number of non-ortho nitro benzene ring substituents is 1. The van der Waals surface area contributed by atoms with Crippen molar-refractivity contribution >= 4 is 23.3 Å². The molecule has 1 N–H and O–H groups in total. The summed E-state index contributed by atoms with van der Waals surface area (Å²) in [5.74, 6) is -1.28. The van der Waals surface area contributed by atoms with Crippen LogP contribution in [0.25, 0.3) is 0 Å². The van der Waals surface area contributed by atoms with E-state index in [1.165, 1.54) is 24.3 Å². The molecular formula is C23H20N2O5. The Morgan fingerprint density at radius 1 is 0.900 bits per heavy atom. The van der Waals surface area contributed by atoms with Crippen LogP contribution in [0.5, 0.6) is 0 Å². The Morgan fingerprint density at radius 2 is 1.50 bits per heavy atom. The number of benzene rings is 3. The fraction of sp³-hybridized carbons (Fsp3) is 0.130. The lowest BCUT2D eigenvalue weighted by Crippen LogP contribution is -2.22. The summed E-state index contributed by atoms with van der Waals surface area (Å²) in [6.45, 7) is -0.474. The second-order valence-electron chi connectivity index (χ2n) is 6.59. The molecule has 3 rings (SSSR count). The summed E-state index contributed by atoms with van der Waals surface area (Å²) >= 11 is 0. The second-order valence-corrected chi connectivity index (χ2v) is 6.59. The number of amides is 1. The molecule has 0 bridgehead atoms. The zero-order valence-electron chi connectivity index (χ0n) is 16.1. The molecule has 7 nitrogen and oxygen atoms in total. The van der Waals surface area contributed by atoms with Crippen LogP contribution >= 0.6 is 0 Å². The zero-order valence-corrected chi connectivity index (χ0v) is 16.1. The number of carbonyl (C=O) groups excluding carboxylic acids is 2. The smallest absolute Gasteiger partial charge is 0.307 e. The highest BCUT2D eigenvalue weighted by atomic mass is 16.6. The van der Waals surface area contributed by atoms with Gasteiger partial charge in [0, 0.05) is 23.7 Å². The summed E-state index contributed by atoms with van der Waals surface area (Å²) in [4.78, 5) is 34.7. The average Bonchev–Trinajstić information content (AvgIpc) is 2.77. The minimum atomic E-state index is -0.570. The van der Waals surface area contributed by atoms with Gasteiger partial charge in [0.25, 0.3) is 11.6 Å². The largest absolute Gasteiger partial charge is 0.456 e. The lowest BCUT2D eigenvalue weighted by Gasteiger charge is -2.17. The molecule has 152 valence electrons. The van der Waals surface area contributed by atoms with Crippen molar-refractivity contribution in [1.82, 2.24) is 0 Å².